The third kappa shape index (κ3) is 7.22. The van der Waals surface area contributed by atoms with Gasteiger partial charge < -0.3 is 0 Å². The molecule has 0 radical (unpaired) electrons. The summed E-state index contributed by atoms with van der Waals surface area (Å²) in [7, 11) is 0. The van der Waals surface area contributed by atoms with Crippen molar-refractivity contribution in [2.24, 2.45) is 0 Å². The van der Waals surface area contributed by atoms with Crippen LogP contribution in [0.15, 0.2) is 187 Å². The lowest BCUT2D eigenvalue weighted by Gasteiger charge is -2.36. The van der Waals surface area contributed by atoms with E-state index in [1.165, 1.54) is 126 Å². The number of allylic oxidation sites excluding steroid dienone is 3. The van der Waals surface area contributed by atoms with Gasteiger partial charge in [0.25, 0.3) is 0 Å². The Kier molecular flexibility index (Phi) is 11.3. The van der Waals surface area contributed by atoms with E-state index in [1.54, 1.807) is 58.3 Å². The first kappa shape index (κ1) is 51.3. The van der Waals surface area contributed by atoms with Gasteiger partial charge in [-0.3, -0.25) is 4.79 Å². The molecule has 13 heteroatoms. The quantitative estimate of drug-likeness (QED) is 0.115. The molecule has 14 aromatic rings. The van der Waals surface area contributed by atoms with Gasteiger partial charge in [-0.05, 0) is 141 Å². The lowest BCUT2D eigenvalue weighted by atomic mass is 9.65. The maximum Gasteiger partial charge on any atom is 0.194 e. The Balaban J connectivity index is 0.902. The molecule has 0 atom stereocenters. The number of aromatic nitrogens is 4. The van der Waals surface area contributed by atoms with Crippen molar-refractivity contribution >= 4 is 125 Å². The third-order valence-corrected chi connectivity index (χ3v) is 24.1. The average Bonchev–Trinajstić information content (AvgIpc) is 1.50. The summed E-state index contributed by atoms with van der Waals surface area (Å²) < 4.78 is 2.46. The minimum absolute atomic E-state index is 0.103. The molecule has 8 aromatic carbocycles. The fourth-order valence-electron chi connectivity index (χ4n) is 13.8. The molecule has 6 aromatic heterocycles. The molecule has 3 aliphatic rings. The zero-order chi connectivity index (χ0) is 57.9. The van der Waals surface area contributed by atoms with Crippen molar-refractivity contribution in [2.45, 2.75) is 38.5 Å². The number of nitriles is 2. The average molecular weight is 1210 g/mol. The second kappa shape index (κ2) is 18.9. The van der Waals surface area contributed by atoms with E-state index in [4.69, 9.17) is 15.0 Å². The van der Waals surface area contributed by atoms with Crippen LogP contribution in [0, 0.1) is 50.4 Å². The Morgan fingerprint density at radius 3 is 1.38 bits per heavy atom. The monoisotopic (exact) mass is 1210 g/mol. The van der Waals surface area contributed by atoms with E-state index in [9.17, 15) is 15.3 Å². The number of ketones is 1. The summed E-state index contributed by atoms with van der Waals surface area (Å²) in [4.78, 5) is 39.6. The molecule has 7 nitrogen and oxygen atoms in total. The van der Waals surface area contributed by atoms with Crippen molar-refractivity contribution in [3.63, 3.8) is 0 Å². The van der Waals surface area contributed by atoms with Crippen LogP contribution >= 0.6 is 68.0 Å². The summed E-state index contributed by atoms with van der Waals surface area (Å²) in [5.41, 5.74) is 21.6. The highest BCUT2D eigenvalue weighted by Gasteiger charge is 2.53. The highest BCUT2D eigenvalue weighted by atomic mass is 32.1. The molecule has 0 spiro atoms. The molecule has 0 unspecified atom stereocenters. The Labute approximate surface area is 518 Å². The molecular weight excluding hydrogens is 1170 g/mol. The van der Waals surface area contributed by atoms with Gasteiger partial charge in [-0.2, -0.15) is 10.5 Å². The van der Waals surface area contributed by atoms with Crippen molar-refractivity contribution < 1.29 is 4.79 Å². The second-order valence-corrected chi connectivity index (χ2v) is 28.4. The third-order valence-electron chi connectivity index (χ3n) is 17.6. The fraction of sp³-hybridized carbons (Fsp3) is 0.0822. The van der Waals surface area contributed by atoms with Crippen LogP contribution in [0.3, 0.4) is 0 Å². The molecule has 0 N–H and O–H groups in total. The van der Waals surface area contributed by atoms with Crippen LogP contribution in [-0.4, -0.2) is 25.7 Å². The molecule has 0 fully saturated rings. The SMILES string of the molecule is Cc1ccc(C2(c3ccc(C)cc3)c3cc4c(cc3-c3ccc5cc(-c6nc7scnc7s6)sc5c32)C(c2ccc(C)cc2)(c2ccc(C)cc2)c2c-4ccc3cc(-c4nc5sc(/C=C6\C(=O)c7ccccc7C6=C(C#N)C#N)nc5s4)sc23)cc1. The standard InChI is InChI=1S/C73H42N6OS6/c1-37-9-19-44(20-10-37)72(45-21-11-38(2)12-22-45)55-32-53-50-28-18-42-30-58(67-79-71-70(86-67)77-59(84-71)33-54-60(43(34-74)35-75)48-7-5-6-8-51(48)63(54)80)83-65(42)62(50)73(46-23-13-39(3)14-24-46,47-25-15-40(4)16-26-47)56(53)31-52(55)49-27-17-41-29-57(82-64(41)61(49)72)66-78-69-68(85-66)76-36-81-69/h5-33,36H,1-4H3/b54-33-. The smallest absolute Gasteiger partial charge is 0.194 e. The van der Waals surface area contributed by atoms with Gasteiger partial charge in [0.1, 0.15) is 32.7 Å². The van der Waals surface area contributed by atoms with E-state index in [-0.39, 0.29) is 11.4 Å². The first-order chi connectivity index (χ1) is 42.0. The van der Waals surface area contributed by atoms with E-state index >= 15 is 0 Å². The minimum Gasteiger partial charge on any atom is -0.289 e. The molecule has 17 rings (SSSR count). The summed E-state index contributed by atoms with van der Waals surface area (Å²) in [6, 6.07) is 67.4. The van der Waals surface area contributed by atoms with Crippen molar-refractivity contribution in [3.05, 3.63) is 269 Å². The van der Waals surface area contributed by atoms with Crippen molar-refractivity contribution in [2.75, 3.05) is 0 Å². The van der Waals surface area contributed by atoms with Gasteiger partial charge >= 0.3 is 0 Å². The molecule has 0 amide bonds. The molecule has 0 saturated heterocycles. The van der Waals surface area contributed by atoms with E-state index in [0.29, 0.717) is 27.3 Å². The number of aryl methyl sites for hydroxylation is 4. The lowest BCUT2D eigenvalue weighted by molar-refractivity contribution is 0.104. The maximum absolute atomic E-state index is 13.8. The summed E-state index contributed by atoms with van der Waals surface area (Å²) in [5, 5.41) is 24.7. The van der Waals surface area contributed by atoms with Crippen LogP contribution in [0.25, 0.3) is 93.2 Å². The maximum atomic E-state index is 13.8. The first-order valence-electron chi connectivity index (χ1n) is 28.0. The summed E-state index contributed by atoms with van der Waals surface area (Å²) in [5.74, 6) is -0.233. The molecule has 0 bridgehead atoms. The first-order valence-corrected chi connectivity index (χ1v) is 33.0. The summed E-state index contributed by atoms with van der Waals surface area (Å²) >= 11 is 9.83. The molecule has 6 heterocycles. The van der Waals surface area contributed by atoms with Gasteiger partial charge in [-0.15, -0.1) is 34.0 Å². The number of fused-ring (bicyclic) bond motifs is 13. The van der Waals surface area contributed by atoms with Crippen molar-refractivity contribution in [1.29, 1.82) is 10.5 Å². The van der Waals surface area contributed by atoms with Crippen LogP contribution in [0.4, 0.5) is 0 Å². The number of hydrogen-bond donors (Lipinski definition) is 0. The Morgan fingerprint density at radius 1 is 0.465 bits per heavy atom. The molecular formula is C73H42N6OS6. The number of thiophene rings is 2. The highest BCUT2D eigenvalue weighted by molar-refractivity contribution is 7.31. The summed E-state index contributed by atoms with van der Waals surface area (Å²) in [6.07, 6.45) is 1.71. The van der Waals surface area contributed by atoms with E-state index in [0.717, 1.165) is 44.5 Å². The van der Waals surface area contributed by atoms with Crippen LogP contribution in [0.1, 0.15) is 87.7 Å². The van der Waals surface area contributed by atoms with Gasteiger partial charge in [0, 0.05) is 26.1 Å². The molecule has 0 aliphatic heterocycles. The van der Waals surface area contributed by atoms with E-state index < -0.39 is 10.8 Å². The molecule has 406 valence electrons. The van der Waals surface area contributed by atoms with Gasteiger partial charge in [-0.1, -0.05) is 202 Å². The van der Waals surface area contributed by atoms with E-state index in [2.05, 4.69) is 178 Å². The number of carbonyl (C=O) groups excluding carboxylic acids is 1. The number of hydrogen-bond acceptors (Lipinski definition) is 13. The molecule has 3 aliphatic carbocycles. The van der Waals surface area contributed by atoms with Gasteiger partial charge in [-0.25, -0.2) is 19.9 Å². The van der Waals surface area contributed by atoms with Crippen LogP contribution in [-0.2, 0) is 10.8 Å². The molecule has 86 heavy (non-hydrogen) atoms. The van der Waals surface area contributed by atoms with Gasteiger partial charge in [0.2, 0.25) is 0 Å². The van der Waals surface area contributed by atoms with Gasteiger partial charge in [0.05, 0.1) is 26.1 Å². The number of benzene rings is 8. The van der Waals surface area contributed by atoms with Crippen LogP contribution in [0.2, 0.25) is 0 Å². The van der Waals surface area contributed by atoms with Crippen LogP contribution < -0.4 is 0 Å². The van der Waals surface area contributed by atoms with Crippen molar-refractivity contribution in [3.8, 4) is 54.2 Å². The zero-order valence-electron chi connectivity index (χ0n) is 46.4. The largest absolute Gasteiger partial charge is 0.289 e. The topological polar surface area (TPSA) is 116 Å². The summed E-state index contributed by atoms with van der Waals surface area (Å²) in [6.45, 7) is 8.69. The molecule has 0 saturated carbocycles. The van der Waals surface area contributed by atoms with Crippen LogP contribution in [0.5, 0.6) is 0 Å². The minimum atomic E-state index is -0.747. The van der Waals surface area contributed by atoms with E-state index in [1.807, 2.05) is 35.1 Å². The number of carbonyl (C=O) groups is 1. The number of thiazole rings is 4. The number of rotatable bonds is 7. The van der Waals surface area contributed by atoms with Gasteiger partial charge in [0.15, 0.2) is 25.1 Å². The number of nitrogens with zero attached hydrogens (tertiary/aromatic N) is 6. The Hall–Kier alpha value is -9.15. The normalized spacial score (nSPS) is 14.7. The Bertz CT molecular complexity index is 5270. The number of Topliss-reactive ketones (excluding diaryl/α,β-unsaturated/α-hetero) is 1. The predicted octanol–water partition coefficient (Wildman–Crippen LogP) is 19.6. The fourth-order valence-corrected chi connectivity index (χ4v) is 20.1. The van der Waals surface area contributed by atoms with Crippen molar-refractivity contribution in [1.82, 2.24) is 19.9 Å². The lowest BCUT2D eigenvalue weighted by Crippen LogP contribution is -2.30. The Morgan fingerprint density at radius 2 is 0.919 bits per heavy atom. The highest BCUT2D eigenvalue weighted by Crippen LogP contribution is 2.66. The predicted molar refractivity (Wildman–Crippen MR) is 356 cm³/mol. The zero-order valence-corrected chi connectivity index (χ0v) is 51.3. The second-order valence-electron chi connectivity index (χ2n) is 22.5.